The number of nitrogens with zero attached hydrogens (tertiary/aromatic N) is 2. The average Bonchev–Trinajstić information content (AvgIpc) is 2.97. The lowest BCUT2D eigenvalue weighted by Crippen LogP contribution is -2.06. The Balaban J connectivity index is 2.24. The number of methoxy groups -OCH3 is 2. The molecule has 0 aliphatic rings. The van der Waals surface area contributed by atoms with Gasteiger partial charge in [-0.3, -0.25) is 4.68 Å². The quantitative estimate of drug-likeness (QED) is 0.707. The molecule has 5 nitrogen and oxygen atoms in total. The molecule has 0 saturated carbocycles. The third-order valence-corrected chi connectivity index (χ3v) is 4.55. The number of aryl methyl sites for hydroxylation is 1. The van der Waals surface area contributed by atoms with E-state index in [1.807, 2.05) is 0 Å². The molecule has 8 heteroatoms. The fourth-order valence-electron chi connectivity index (χ4n) is 2.95. The number of rotatable bonds is 5. The standard InChI is InChI=1S/C19H17ClF2N2O3/c1-24-17(15-13(21)5-4-6-14(15)22)16(19(23-24)27-3)18(25)11-8-7-10(26-2)9-12(11)20/h4-9,18,25H,1-3H3. The molecule has 0 aliphatic carbocycles. The summed E-state index contributed by atoms with van der Waals surface area (Å²) in [6.45, 7) is 0. The van der Waals surface area contributed by atoms with Crippen molar-refractivity contribution in [2.75, 3.05) is 14.2 Å². The van der Waals surface area contributed by atoms with Gasteiger partial charge in [-0.1, -0.05) is 23.7 Å². The van der Waals surface area contributed by atoms with E-state index in [1.165, 1.54) is 38.1 Å². The minimum atomic E-state index is -1.33. The summed E-state index contributed by atoms with van der Waals surface area (Å²) in [6.07, 6.45) is -1.33. The van der Waals surface area contributed by atoms with E-state index in [2.05, 4.69) is 5.10 Å². The molecule has 1 unspecified atom stereocenters. The van der Waals surface area contributed by atoms with Crippen LogP contribution in [0, 0.1) is 11.6 Å². The minimum absolute atomic E-state index is 0.0366. The molecule has 0 fully saturated rings. The van der Waals surface area contributed by atoms with Crippen LogP contribution in [0.3, 0.4) is 0 Å². The van der Waals surface area contributed by atoms with E-state index in [0.717, 1.165) is 12.1 Å². The molecular weight excluding hydrogens is 378 g/mol. The number of halogens is 3. The summed E-state index contributed by atoms with van der Waals surface area (Å²) in [5, 5.41) is 15.3. The third-order valence-electron chi connectivity index (χ3n) is 4.22. The molecule has 2 aromatic carbocycles. The second-order valence-electron chi connectivity index (χ2n) is 5.78. The molecule has 0 saturated heterocycles. The monoisotopic (exact) mass is 394 g/mol. The maximum absolute atomic E-state index is 14.4. The highest BCUT2D eigenvalue weighted by Crippen LogP contribution is 2.41. The number of aromatic nitrogens is 2. The highest BCUT2D eigenvalue weighted by Gasteiger charge is 2.30. The Hall–Kier alpha value is -2.64. The van der Waals surface area contributed by atoms with Crippen LogP contribution in [0.1, 0.15) is 17.2 Å². The van der Waals surface area contributed by atoms with Gasteiger partial charge in [0.05, 0.1) is 36.1 Å². The zero-order chi connectivity index (χ0) is 19.7. The minimum Gasteiger partial charge on any atom is -0.497 e. The van der Waals surface area contributed by atoms with Gasteiger partial charge in [-0.15, -0.1) is 5.10 Å². The van der Waals surface area contributed by atoms with Crippen molar-refractivity contribution in [2.45, 2.75) is 6.10 Å². The Labute approximate surface area is 159 Å². The van der Waals surface area contributed by atoms with E-state index in [9.17, 15) is 13.9 Å². The van der Waals surface area contributed by atoms with Crippen LogP contribution >= 0.6 is 11.6 Å². The Kier molecular flexibility index (Phi) is 5.34. The predicted octanol–water partition coefficient (Wildman–Crippen LogP) is 4.12. The van der Waals surface area contributed by atoms with Gasteiger partial charge >= 0.3 is 0 Å². The van der Waals surface area contributed by atoms with E-state index < -0.39 is 17.7 Å². The van der Waals surface area contributed by atoms with Crippen LogP contribution in [0.4, 0.5) is 8.78 Å². The first kappa shape index (κ1) is 19.1. The van der Waals surface area contributed by atoms with Gasteiger partial charge in [0.1, 0.15) is 23.5 Å². The van der Waals surface area contributed by atoms with Crippen molar-refractivity contribution in [1.82, 2.24) is 9.78 Å². The molecule has 1 heterocycles. The fourth-order valence-corrected chi connectivity index (χ4v) is 3.22. The Morgan fingerprint density at radius 2 is 1.78 bits per heavy atom. The van der Waals surface area contributed by atoms with Crippen molar-refractivity contribution in [3.05, 3.63) is 64.2 Å². The van der Waals surface area contributed by atoms with Gasteiger partial charge in [-0.2, -0.15) is 0 Å². The predicted molar refractivity (Wildman–Crippen MR) is 97.2 cm³/mol. The van der Waals surface area contributed by atoms with E-state index in [-0.39, 0.29) is 27.7 Å². The van der Waals surface area contributed by atoms with Crippen LogP contribution in [0.5, 0.6) is 11.6 Å². The van der Waals surface area contributed by atoms with E-state index in [4.69, 9.17) is 21.1 Å². The fraction of sp³-hybridized carbons (Fsp3) is 0.211. The first-order valence-electron chi connectivity index (χ1n) is 7.95. The van der Waals surface area contributed by atoms with Gasteiger partial charge in [0.2, 0.25) is 5.88 Å². The molecule has 3 aromatic rings. The number of hydrogen-bond acceptors (Lipinski definition) is 4. The van der Waals surface area contributed by atoms with Crippen LogP contribution in [0.25, 0.3) is 11.3 Å². The van der Waals surface area contributed by atoms with Crippen molar-refractivity contribution in [3.63, 3.8) is 0 Å². The molecule has 0 spiro atoms. The summed E-state index contributed by atoms with van der Waals surface area (Å²) in [7, 11) is 4.36. The lowest BCUT2D eigenvalue weighted by atomic mass is 9.97. The van der Waals surface area contributed by atoms with Crippen molar-refractivity contribution >= 4 is 11.6 Å². The normalized spacial score (nSPS) is 12.1. The molecule has 0 amide bonds. The Morgan fingerprint density at radius 1 is 1.11 bits per heavy atom. The topological polar surface area (TPSA) is 56.5 Å². The van der Waals surface area contributed by atoms with Gasteiger partial charge in [0, 0.05) is 12.6 Å². The zero-order valence-corrected chi connectivity index (χ0v) is 15.6. The van der Waals surface area contributed by atoms with Crippen LogP contribution in [0.2, 0.25) is 5.02 Å². The first-order chi connectivity index (χ1) is 12.9. The van der Waals surface area contributed by atoms with Gasteiger partial charge in [-0.25, -0.2) is 8.78 Å². The van der Waals surface area contributed by atoms with Crippen LogP contribution < -0.4 is 9.47 Å². The summed E-state index contributed by atoms with van der Waals surface area (Å²) >= 11 is 6.26. The summed E-state index contributed by atoms with van der Waals surface area (Å²) in [5.41, 5.74) is 0.175. The molecule has 27 heavy (non-hydrogen) atoms. The van der Waals surface area contributed by atoms with E-state index >= 15 is 0 Å². The molecule has 142 valence electrons. The van der Waals surface area contributed by atoms with Crippen molar-refractivity contribution in [2.24, 2.45) is 7.05 Å². The molecule has 0 bridgehead atoms. The van der Waals surface area contributed by atoms with Crippen molar-refractivity contribution in [1.29, 1.82) is 0 Å². The van der Waals surface area contributed by atoms with E-state index in [0.29, 0.717) is 11.3 Å². The van der Waals surface area contributed by atoms with E-state index in [1.54, 1.807) is 12.1 Å². The Bertz CT molecular complexity index is 971. The number of hydrogen-bond donors (Lipinski definition) is 1. The lowest BCUT2D eigenvalue weighted by molar-refractivity contribution is 0.215. The summed E-state index contributed by atoms with van der Waals surface area (Å²) in [5.74, 6) is -1.02. The molecular formula is C19H17ClF2N2O3. The molecule has 1 atom stereocenters. The lowest BCUT2D eigenvalue weighted by Gasteiger charge is -2.16. The maximum atomic E-state index is 14.4. The third kappa shape index (κ3) is 3.36. The van der Waals surface area contributed by atoms with Crippen LogP contribution in [-0.4, -0.2) is 29.1 Å². The van der Waals surface area contributed by atoms with Gasteiger partial charge in [-0.05, 0) is 24.3 Å². The molecule has 1 aromatic heterocycles. The van der Waals surface area contributed by atoms with Gasteiger partial charge in [0.25, 0.3) is 0 Å². The number of aliphatic hydroxyl groups is 1. The largest absolute Gasteiger partial charge is 0.497 e. The molecule has 1 N–H and O–H groups in total. The number of benzene rings is 2. The molecule has 3 rings (SSSR count). The average molecular weight is 395 g/mol. The maximum Gasteiger partial charge on any atom is 0.239 e. The Morgan fingerprint density at radius 3 is 2.33 bits per heavy atom. The summed E-state index contributed by atoms with van der Waals surface area (Å²) in [4.78, 5) is 0. The van der Waals surface area contributed by atoms with Crippen molar-refractivity contribution < 1.29 is 23.4 Å². The van der Waals surface area contributed by atoms with Crippen LogP contribution in [-0.2, 0) is 7.05 Å². The number of aliphatic hydroxyl groups excluding tert-OH is 1. The second-order valence-corrected chi connectivity index (χ2v) is 6.19. The SMILES string of the molecule is COc1ccc(C(O)c2c(OC)nn(C)c2-c2c(F)cccc2F)c(Cl)c1. The smallest absolute Gasteiger partial charge is 0.239 e. The second kappa shape index (κ2) is 7.54. The molecule has 0 aliphatic heterocycles. The first-order valence-corrected chi connectivity index (χ1v) is 8.33. The molecule has 0 radical (unpaired) electrons. The highest BCUT2D eigenvalue weighted by molar-refractivity contribution is 6.31. The number of ether oxygens (including phenoxy) is 2. The zero-order valence-electron chi connectivity index (χ0n) is 14.8. The summed E-state index contributed by atoms with van der Waals surface area (Å²) < 4.78 is 40.4. The van der Waals surface area contributed by atoms with Gasteiger partial charge in [0.15, 0.2) is 0 Å². The van der Waals surface area contributed by atoms with Crippen molar-refractivity contribution in [3.8, 4) is 22.9 Å². The van der Waals surface area contributed by atoms with Crippen LogP contribution in [0.15, 0.2) is 36.4 Å². The summed E-state index contributed by atoms with van der Waals surface area (Å²) in [6, 6.07) is 8.25. The van der Waals surface area contributed by atoms with Gasteiger partial charge < -0.3 is 14.6 Å². The highest BCUT2D eigenvalue weighted by atomic mass is 35.5.